The van der Waals surface area contributed by atoms with E-state index in [4.69, 9.17) is 9.05 Å². The first kappa shape index (κ1) is 54.6. The molecule has 0 aliphatic rings. The van der Waals surface area contributed by atoms with E-state index in [-0.39, 0.29) is 18.9 Å². The van der Waals surface area contributed by atoms with E-state index in [0.717, 1.165) is 64.2 Å². The second-order valence-corrected chi connectivity index (χ2v) is 17.2. The topological polar surface area (TPSA) is 128 Å². The molecular weight excluding hydrogens is 735 g/mol. The summed E-state index contributed by atoms with van der Waals surface area (Å²) in [5.41, 5.74) is 0. The number of rotatable bonds is 38. The van der Waals surface area contributed by atoms with E-state index in [0.29, 0.717) is 30.3 Å². The van der Waals surface area contributed by atoms with Gasteiger partial charge < -0.3 is 34.0 Å². The van der Waals surface area contributed by atoms with Crippen molar-refractivity contribution in [1.82, 2.24) is 5.32 Å². The van der Waals surface area contributed by atoms with Gasteiger partial charge in [-0.2, -0.15) is 0 Å². The van der Waals surface area contributed by atoms with E-state index in [9.17, 15) is 24.5 Å². The van der Waals surface area contributed by atoms with Gasteiger partial charge in [0.2, 0.25) is 5.91 Å². The van der Waals surface area contributed by atoms with Crippen LogP contribution in [0.25, 0.3) is 0 Å². The summed E-state index contributed by atoms with van der Waals surface area (Å²) >= 11 is 0. The Morgan fingerprint density at radius 3 is 1.63 bits per heavy atom. The van der Waals surface area contributed by atoms with Crippen LogP contribution < -0.4 is 10.2 Å². The lowest BCUT2D eigenvalue weighted by Gasteiger charge is -2.31. The van der Waals surface area contributed by atoms with Crippen molar-refractivity contribution in [2.45, 2.75) is 167 Å². The molecule has 0 bridgehead atoms. The summed E-state index contributed by atoms with van der Waals surface area (Å²) in [7, 11) is 1.06. The van der Waals surface area contributed by atoms with Gasteiger partial charge in [0.05, 0.1) is 39.9 Å². The largest absolute Gasteiger partial charge is 0.756 e. The minimum absolute atomic E-state index is 0.0598. The van der Waals surface area contributed by atoms with Gasteiger partial charge in [0.25, 0.3) is 7.82 Å². The number of amides is 1. The van der Waals surface area contributed by atoms with E-state index < -0.39 is 32.7 Å². The van der Waals surface area contributed by atoms with Crippen LogP contribution in [0.3, 0.4) is 0 Å². The Morgan fingerprint density at radius 2 is 1.11 bits per heavy atom. The van der Waals surface area contributed by atoms with Crippen LogP contribution >= 0.6 is 7.82 Å². The van der Waals surface area contributed by atoms with Gasteiger partial charge in [-0.15, -0.1) is 0 Å². The molecule has 0 saturated carbocycles. The maximum Gasteiger partial charge on any atom is 0.268 e. The molecule has 0 saturated heterocycles. The standard InChI is InChI=1S/C47H83N2O7P/c1-6-8-10-12-14-16-18-20-21-22-23-24-25-26-27-28-30-32-34-36-38-40-46(51)48-44(43-56-57(53,54)55-42-41-49(3,4)5)47(52)45(50)39-37-35-33-31-29-19-17-15-13-11-9-7-2/h8,10,14,16,20-21,23-24,26-27,30-33,44-45,47,50,52H,6-7,9,11-13,15,17-19,22,25,28-29,34-43H2,1-5H3,(H-,48,51,53,54)/b10-8-,16-14-,21-20-,24-23-,27-26-,32-30-,33-31+. The van der Waals surface area contributed by atoms with Crippen molar-refractivity contribution >= 4 is 13.7 Å². The third kappa shape index (κ3) is 38.9. The summed E-state index contributed by atoms with van der Waals surface area (Å²) in [5, 5.41) is 24.5. The average Bonchev–Trinajstić information content (AvgIpc) is 3.16. The SMILES string of the molecule is CC/C=C\C/C=C\C/C=C\C/C=C\C/C=C\C/C=C\CCCCC(=O)NC(COP(=O)([O-])OCC[N+](C)(C)C)C(O)C(O)CCC/C=C/CCCCCCCCC. The first-order valence-corrected chi connectivity index (χ1v) is 23.5. The molecule has 0 radical (unpaired) electrons. The highest BCUT2D eigenvalue weighted by Gasteiger charge is 2.29. The number of hydrogen-bond acceptors (Lipinski definition) is 7. The average molecular weight is 819 g/mol. The van der Waals surface area contributed by atoms with Crippen molar-refractivity contribution in [2.24, 2.45) is 0 Å². The van der Waals surface area contributed by atoms with E-state index in [2.05, 4.69) is 104 Å². The minimum Gasteiger partial charge on any atom is -0.756 e. The monoisotopic (exact) mass is 819 g/mol. The zero-order valence-corrected chi connectivity index (χ0v) is 37.5. The van der Waals surface area contributed by atoms with Gasteiger partial charge >= 0.3 is 0 Å². The predicted octanol–water partition coefficient (Wildman–Crippen LogP) is 10.5. The molecule has 4 unspecified atom stereocenters. The van der Waals surface area contributed by atoms with E-state index in [1.165, 1.54) is 44.9 Å². The van der Waals surface area contributed by atoms with E-state index in [1.807, 2.05) is 21.1 Å². The number of aliphatic hydroxyl groups is 2. The number of hydrogen-bond donors (Lipinski definition) is 3. The summed E-state index contributed by atoms with van der Waals surface area (Å²) in [5.74, 6) is -0.336. The van der Waals surface area contributed by atoms with Crippen LogP contribution in [-0.4, -0.2) is 79.8 Å². The number of likely N-dealkylation sites (N-methyl/N-ethyl adjacent to an activating group) is 1. The summed E-state index contributed by atoms with van der Waals surface area (Å²) in [6.45, 7) is 4.22. The molecule has 328 valence electrons. The molecule has 0 aliphatic heterocycles. The predicted molar refractivity (Wildman–Crippen MR) is 239 cm³/mol. The minimum atomic E-state index is -4.69. The number of unbranched alkanes of at least 4 members (excludes halogenated alkanes) is 10. The number of phosphoric ester groups is 1. The fraction of sp³-hybridized carbons (Fsp3) is 0.681. The van der Waals surface area contributed by atoms with Gasteiger partial charge in [-0.25, -0.2) is 0 Å². The number of allylic oxidation sites excluding steroid dienone is 14. The zero-order chi connectivity index (χ0) is 42.3. The molecule has 0 aliphatic carbocycles. The lowest BCUT2D eigenvalue weighted by Crippen LogP contribution is -2.51. The van der Waals surface area contributed by atoms with Crippen molar-refractivity contribution in [3.63, 3.8) is 0 Å². The summed E-state index contributed by atoms with van der Waals surface area (Å²) in [6.07, 6.45) is 47.7. The fourth-order valence-electron chi connectivity index (χ4n) is 5.67. The Hall–Kier alpha value is -2.36. The molecule has 0 fully saturated rings. The summed E-state index contributed by atoms with van der Waals surface area (Å²) in [4.78, 5) is 25.3. The molecule has 0 aromatic carbocycles. The van der Waals surface area contributed by atoms with Crippen LogP contribution in [0.1, 0.15) is 149 Å². The van der Waals surface area contributed by atoms with Crippen LogP contribution in [-0.2, 0) is 18.4 Å². The summed E-state index contributed by atoms with van der Waals surface area (Å²) < 4.78 is 23.1. The molecular formula is C47H83N2O7P. The van der Waals surface area contributed by atoms with Gasteiger partial charge in [0.15, 0.2) is 0 Å². The van der Waals surface area contributed by atoms with Crippen LogP contribution in [0.5, 0.6) is 0 Å². The molecule has 10 heteroatoms. The summed E-state index contributed by atoms with van der Waals surface area (Å²) in [6, 6.07) is -1.12. The first-order valence-electron chi connectivity index (χ1n) is 22.0. The van der Waals surface area contributed by atoms with Gasteiger partial charge in [-0.3, -0.25) is 9.36 Å². The van der Waals surface area contributed by atoms with Crippen molar-refractivity contribution in [3.05, 3.63) is 85.1 Å². The van der Waals surface area contributed by atoms with Gasteiger partial charge in [-0.1, -0.05) is 137 Å². The highest BCUT2D eigenvalue weighted by atomic mass is 31.2. The number of quaternary nitrogens is 1. The molecule has 9 nitrogen and oxygen atoms in total. The van der Waals surface area contributed by atoms with E-state index in [1.54, 1.807) is 0 Å². The molecule has 0 aromatic heterocycles. The molecule has 3 N–H and O–H groups in total. The third-order valence-electron chi connectivity index (χ3n) is 9.21. The Bertz CT molecular complexity index is 1220. The highest BCUT2D eigenvalue weighted by molar-refractivity contribution is 7.45. The third-order valence-corrected chi connectivity index (χ3v) is 10.2. The molecule has 4 atom stereocenters. The van der Waals surface area contributed by atoms with Crippen molar-refractivity contribution < 1.29 is 38.0 Å². The molecule has 0 aromatic rings. The van der Waals surface area contributed by atoms with Crippen LogP contribution in [0.15, 0.2) is 85.1 Å². The van der Waals surface area contributed by atoms with Crippen molar-refractivity contribution in [3.8, 4) is 0 Å². The van der Waals surface area contributed by atoms with Gasteiger partial charge in [0.1, 0.15) is 19.3 Å². The highest BCUT2D eigenvalue weighted by Crippen LogP contribution is 2.38. The normalized spacial score (nSPS) is 15.7. The van der Waals surface area contributed by atoms with Crippen LogP contribution in [0, 0.1) is 0 Å². The Kier molecular flexibility index (Phi) is 36.3. The number of aliphatic hydroxyl groups excluding tert-OH is 2. The van der Waals surface area contributed by atoms with Crippen LogP contribution in [0.2, 0.25) is 0 Å². The Balaban J connectivity index is 4.63. The maximum atomic E-state index is 12.9. The quantitative estimate of drug-likeness (QED) is 0.0245. The molecule has 0 rings (SSSR count). The zero-order valence-electron chi connectivity index (χ0n) is 36.6. The van der Waals surface area contributed by atoms with Gasteiger partial charge in [-0.05, 0) is 89.9 Å². The van der Waals surface area contributed by atoms with Gasteiger partial charge in [0, 0.05) is 6.42 Å². The lowest BCUT2D eigenvalue weighted by atomic mass is 10.0. The number of nitrogens with zero attached hydrogens (tertiary/aromatic N) is 1. The molecule has 0 spiro atoms. The van der Waals surface area contributed by atoms with Crippen LogP contribution in [0.4, 0.5) is 0 Å². The Labute approximate surface area is 349 Å². The van der Waals surface area contributed by atoms with Crippen molar-refractivity contribution in [2.75, 3.05) is 40.9 Å². The lowest BCUT2D eigenvalue weighted by molar-refractivity contribution is -0.870. The second-order valence-electron chi connectivity index (χ2n) is 15.8. The van der Waals surface area contributed by atoms with E-state index >= 15 is 0 Å². The smallest absolute Gasteiger partial charge is 0.268 e. The molecule has 1 amide bonds. The molecule has 0 heterocycles. The number of carbonyl (C=O) groups is 1. The number of phosphoric acid groups is 1. The molecule has 57 heavy (non-hydrogen) atoms. The first-order chi connectivity index (χ1) is 27.4. The number of carbonyl (C=O) groups excluding carboxylic acids is 1. The maximum absolute atomic E-state index is 12.9. The Morgan fingerprint density at radius 1 is 0.649 bits per heavy atom. The number of nitrogens with one attached hydrogen (secondary N) is 1. The van der Waals surface area contributed by atoms with Crippen molar-refractivity contribution in [1.29, 1.82) is 0 Å². The fourth-order valence-corrected chi connectivity index (χ4v) is 6.39. The second kappa shape index (κ2) is 37.9.